The molecule has 3 aromatic rings. The average Bonchev–Trinajstić information content (AvgIpc) is 2.77. The second-order valence-electron chi connectivity index (χ2n) is 7.30. The molecular weight excluding hydrogens is 439 g/mol. The minimum absolute atomic E-state index is 0.0589. The number of sulfonamides is 1. The van der Waals surface area contributed by atoms with Crippen molar-refractivity contribution in [3.8, 4) is 0 Å². The van der Waals surface area contributed by atoms with Crippen molar-refractivity contribution < 1.29 is 26.7 Å². The van der Waals surface area contributed by atoms with Gasteiger partial charge in [-0.2, -0.15) is 13.2 Å². The van der Waals surface area contributed by atoms with Gasteiger partial charge in [0, 0.05) is 7.05 Å². The molecule has 0 aliphatic carbocycles. The van der Waals surface area contributed by atoms with Gasteiger partial charge in [-0.1, -0.05) is 66.7 Å². The molecule has 0 aromatic heterocycles. The van der Waals surface area contributed by atoms with Crippen LogP contribution in [0.25, 0.3) is 6.08 Å². The fraction of sp³-hybridized carbons (Fsp3) is 0.167. The van der Waals surface area contributed by atoms with Gasteiger partial charge >= 0.3 is 6.18 Å². The fourth-order valence-corrected chi connectivity index (χ4v) is 4.54. The second-order valence-corrected chi connectivity index (χ2v) is 9.26. The zero-order chi connectivity index (χ0) is 23.6. The Labute approximate surface area is 185 Å². The first-order valence-electron chi connectivity index (χ1n) is 9.65. The summed E-state index contributed by atoms with van der Waals surface area (Å²) in [7, 11) is -2.57. The molecule has 0 fully saturated rings. The average molecular weight is 462 g/mol. The minimum atomic E-state index is -4.99. The summed E-state index contributed by atoms with van der Waals surface area (Å²) in [6.07, 6.45) is -3.10. The van der Waals surface area contributed by atoms with Crippen LogP contribution in [0.5, 0.6) is 0 Å². The van der Waals surface area contributed by atoms with Gasteiger partial charge < -0.3 is 5.11 Å². The van der Waals surface area contributed by atoms with Crippen LogP contribution in [-0.2, 0) is 15.6 Å². The van der Waals surface area contributed by atoms with Gasteiger partial charge in [0.1, 0.15) is 0 Å². The van der Waals surface area contributed by atoms with Crippen LogP contribution in [0, 0.1) is 6.92 Å². The minimum Gasteiger partial charge on any atom is -0.373 e. The Morgan fingerprint density at radius 3 is 2.00 bits per heavy atom. The molecule has 0 aliphatic heterocycles. The van der Waals surface area contributed by atoms with Crippen LogP contribution in [0.1, 0.15) is 16.7 Å². The quantitative estimate of drug-likeness (QED) is 0.543. The van der Waals surface area contributed by atoms with E-state index >= 15 is 0 Å². The highest BCUT2D eigenvalue weighted by Gasteiger charge is 2.53. The van der Waals surface area contributed by atoms with Crippen LogP contribution in [0.4, 0.5) is 18.9 Å². The Morgan fingerprint density at radius 2 is 1.47 bits per heavy atom. The third-order valence-corrected chi connectivity index (χ3v) is 6.91. The molecule has 0 aliphatic rings. The van der Waals surface area contributed by atoms with E-state index in [2.05, 4.69) is 0 Å². The van der Waals surface area contributed by atoms with Crippen molar-refractivity contribution in [2.45, 2.75) is 23.6 Å². The van der Waals surface area contributed by atoms with Crippen molar-refractivity contribution in [1.29, 1.82) is 0 Å². The highest BCUT2D eigenvalue weighted by Crippen LogP contribution is 2.42. The van der Waals surface area contributed by atoms with Crippen LogP contribution in [0.15, 0.2) is 89.8 Å². The predicted octanol–water partition coefficient (Wildman–Crippen LogP) is 5.28. The smallest absolute Gasteiger partial charge is 0.373 e. The third kappa shape index (κ3) is 4.56. The van der Waals surface area contributed by atoms with Crippen LogP contribution in [0.2, 0.25) is 0 Å². The number of anilines is 1. The van der Waals surface area contributed by atoms with Crippen molar-refractivity contribution in [3.05, 3.63) is 102 Å². The maximum Gasteiger partial charge on any atom is 0.425 e. The van der Waals surface area contributed by atoms with Crippen LogP contribution in [0.3, 0.4) is 0 Å². The standard InChI is InChI=1S/C24H22F3NO3S/c1-18-17-20(23(29,24(25,26)27)16-15-19-9-5-3-6-10-19)13-14-22(18)28(2)32(30,31)21-11-7-4-8-12-21/h3-17,29H,1-2H3. The van der Waals surface area contributed by atoms with Gasteiger partial charge in [-0.15, -0.1) is 0 Å². The van der Waals surface area contributed by atoms with Crippen molar-refractivity contribution >= 4 is 21.8 Å². The summed E-state index contributed by atoms with van der Waals surface area (Å²) < 4.78 is 68.4. The molecule has 1 unspecified atom stereocenters. The molecule has 1 atom stereocenters. The van der Waals surface area contributed by atoms with Crippen LogP contribution in [-0.4, -0.2) is 26.7 Å². The summed E-state index contributed by atoms with van der Waals surface area (Å²) in [5, 5.41) is 10.6. The summed E-state index contributed by atoms with van der Waals surface area (Å²) >= 11 is 0. The molecule has 8 heteroatoms. The lowest BCUT2D eigenvalue weighted by atomic mass is 9.90. The summed E-state index contributed by atoms with van der Waals surface area (Å²) in [4.78, 5) is 0.0589. The molecule has 0 heterocycles. The lowest BCUT2D eigenvalue weighted by molar-refractivity contribution is -0.244. The first kappa shape index (κ1) is 23.6. The Balaban J connectivity index is 2.01. The zero-order valence-electron chi connectivity index (χ0n) is 17.4. The first-order valence-corrected chi connectivity index (χ1v) is 11.1. The molecule has 1 N–H and O–H groups in total. The molecule has 3 rings (SSSR count). The Kier molecular flexibility index (Phi) is 6.48. The molecule has 3 aromatic carbocycles. The summed E-state index contributed by atoms with van der Waals surface area (Å²) in [6.45, 7) is 1.49. The molecule has 0 saturated carbocycles. The maximum atomic E-state index is 13.9. The summed E-state index contributed by atoms with van der Waals surface area (Å²) in [5.41, 5.74) is -2.70. The Bertz CT molecular complexity index is 1210. The lowest BCUT2D eigenvalue weighted by Crippen LogP contribution is -2.40. The molecule has 168 valence electrons. The highest BCUT2D eigenvalue weighted by atomic mass is 32.2. The van der Waals surface area contributed by atoms with Gasteiger partial charge in [-0.25, -0.2) is 8.42 Å². The number of hydrogen-bond donors (Lipinski definition) is 1. The van der Waals surface area contributed by atoms with E-state index in [4.69, 9.17) is 0 Å². The topological polar surface area (TPSA) is 57.6 Å². The number of halogens is 3. The molecular formula is C24H22F3NO3S. The molecule has 0 spiro atoms. The third-order valence-electron chi connectivity index (χ3n) is 5.13. The van der Waals surface area contributed by atoms with Crippen molar-refractivity contribution in [2.75, 3.05) is 11.4 Å². The number of alkyl halides is 3. The van der Waals surface area contributed by atoms with E-state index in [0.29, 0.717) is 11.6 Å². The predicted molar refractivity (Wildman–Crippen MR) is 119 cm³/mol. The van der Waals surface area contributed by atoms with E-state index in [9.17, 15) is 26.7 Å². The van der Waals surface area contributed by atoms with E-state index in [-0.39, 0.29) is 16.1 Å². The van der Waals surface area contributed by atoms with Gasteiger partial charge in [-0.05, 0) is 47.9 Å². The van der Waals surface area contributed by atoms with Gasteiger partial charge in [0.15, 0.2) is 0 Å². The van der Waals surface area contributed by atoms with E-state index in [1.807, 2.05) is 0 Å². The first-order chi connectivity index (χ1) is 15.0. The molecule has 0 saturated heterocycles. The molecule has 0 bridgehead atoms. The fourth-order valence-electron chi connectivity index (χ4n) is 3.26. The van der Waals surface area contributed by atoms with Crippen molar-refractivity contribution in [2.24, 2.45) is 0 Å². The number of benzene rings is 3. The van der Waals surface area contributed by atoms with E-state index in [0.717, 1.165) is 16.4 Å². The lowest BCUT2D eigenvalue weighted by Gasteiger charge is -2.29. The van der Waals surface area contributed by atoms with Crippen molar-refractivity contribution in [3.63, 3.8) is 0 Å². The number of aliphatic hydroxyl groups is 1. The monoisotopic (exact) mass is 461 g/mol. The normalized spacial score (nSPS) is 14.3. The number of nitrogens with zero attached hydrogens (tertiary/aromatic N) is 1. The van der Waals surface area contributed by atoms with Gasteiger partial charge in [0.2, 0.25) is 5.60 Å². The maximum absolute atomic E-state index is 13.9. The number of hydrogen-bond acceptors (Lipinski definition) is 3. The van der Waals surface area contributed by atoms with Gasteiger partial charge in [0.25, 0.3) is 10.0 Å². The molecule has 0 radical (unpaired) electrons. The molecule has 4 nitrogen and oxygen atoms in total. The van der Waals surface area contributed by atoms with E-state index in [1.54, 1.807) is 48.5 Å². The van der Waals surface area contributed by atoms with Crippen molar-refractivity contribution in [1.82, 2.24) is 0 Å². The summed E-state index contributed by atoms with van der Waals surface area (Å²) in [6, 6.07) is 19.5. The molecule has 32 heavy (non-hydrogen) atoms. The number of aryl methyl sites for hydroxylation is 1. The largest absolute Gasteiger partial charge is 0.425 e. The second kappa shape index (κ2) is 8.80. The Morgan fingerprint density at radius 1 is 0.906 bits per heavy atom. The highest BCUT2D eigenvalue weighted by molar-refractivity contribution is 7.92. The molecule has 0 amide bonds. The van der Waals surface area contributed by atoms with Crippen LogP contribution >= 0.6 is 0 Å². The van der Waals surface area contributed by atoms with E-state index in [1.165, 1.54) is 38.2 Å². The Hall–Kier alpha value is -3.10. The summed E-state index contributed by atoms with van der Waals surface area (Å²) in [5.74, 6) is 0. The van der Waals surface area contributed by atoms with Gasteiger partial charge in [-0.3, -0.25) is 4.31 Å². The number of rotatable bonds is 6. The van der Waals surface area contributed by atoms with Gasteiger partial charge in [0.05, 0.1) is 10.6 Å². The SMILES string of the molecule is Cc1cc(C(O)(C=Cc2ccccc2)C(F)(F)F)ccc1N(C)S(=O)(=O)c1ccccc1. The van der Waals surface area contributed by atoms with Crippen LogP contribution < -0.4 is 4.31 Å². The van der Waals surface area contributed by atoms with E-state index < -0.39 is 27.4 Å². The zero-order valence-corrected chi connectivity index (χ0v) is 18.2.